The third-order valence-electron chi connectivity index (χ3n) is 3.19. The molecule has 0 spiro atoms. The molecule has 0 aliphatic heterocycles. The number of hydrogen-bond donors (Lipinski definition) is 2. The van der Waals surface area contributed by atoms with E-state index in [-0.39, 0.29) is 24.0 Å². The van der Waals surface area contributed by atoms with Crippen molar-refractivity contribution >= 4 is 41.3 Å². The van der Waals surface area contributed by atoms with Gasteiger partial charge in [0.15, 0.2) is 5.96 Å². The zero-order chi connectivity index (χ0) is 16.2. The molecule has 2 aromatic rings. The van der Waals surface area contributed by atoms with Gasteiger partial charge < -0.3 is 15.4 Å². The fourth-order valence-electron chi connectivity index (χ4n) is 2.04. The van der Waals surface area contributed by atoms with Crippen LogP contribution in [0.4, 0.5) is 0 Å². The van der Waals surface area contributed by atoms with Gasteiger partial charge in [-0.15, -0.1) is 35.3 Å². The Labute approximate surface area is 165 Å². The van der Waals surface area contributed by atoms with E-state index in [1.165, 1.54) is 4.88 Å². The van der Waals surface area contributed by atoms with Gasteiger partial charge in [0.05, 0.1) is 13.2 Å². The molecule has 0 saturated heterocycles. The number of nitrogens with one attached hydrogen (secondary N) is 2. The van der Waals surface area contributed by atoms with Crippen LogP contribution in [0.1, 0.15) is 24.6 Å². The number of ether oxygens (including phenoxy) is 1. The van der Waals surface area contributed by atoms with Crippen molar-refractivity contribution in [1.29, 1.82) is 0 Å². The molecule has 2 N–H and O–H groups in total. The Bertz CT molecular complexity index is 561. The number of unbranched alkanes of at least 4 members (excludes halogenated alkanes) is 1. The van der Waals surface area contributed by atoms with Crippen LogP contribution in [-0.4, -0.2) is 25.7 Å². The monoisotopic (exact) mass is 459 g/mol. The van der Waals surface area contributed by atoms with Gasteiger partial charge in [0, 0.05) is 18.0 Å². The smallest absolute Gasteiger partial charge is 0.191 e. The predicted molar refractivity (Wildman–Crippen MR) is 114 cm³/mol. The van der Waals surface area contributed by atoms with Crippen LogP contribution < -0.4 is 15.4 Å². The summed E-state index contributed by atoms with van der Waals surface area (Å²) in [6, 6.07) is 14.1. The van der Waals surface area contributed by atoms with Crippen molar-refractivity contribution in [1.82, 2.24) is 10.6 Å². The van der Waals surface area contributed by atoms with Crippen LogP contribution in [0.15, 0.2) is 52.8 Å². The largest absolute Gasteiger partial charge is 0.494 e. The summed E-state index contributed by atoms with van der Waals surface area (Å²) in [4.78, 5) is 5.87. The highest BCUT2D eigenvalue weighted by Crippen LogP contribution is 2.09. The number of rotatable bonds is 9. The van der Waals surface area contributed by atoms with Gasteiger partial charge in [-0.05, 0) is 43.3 Å². The maximum absolute atomic E-state index is 5.68. The second-order valence-corrected chi connectivity index (χ2v) is 6.10. The summed E-state index contributed by atoms with van der Waals surface area (Å²) in [6.45, 7) is 5.32. The minimum absolute atomic E-state index is 0. The Kier molecular flexibility index (Phi) is 11.3. The topological polar surface area (TPSA) is 45.7 Å². The van der Waals surface area contributed by atoms with Gasteiger partial charge in [0.25, 0.3) is 0 Å². The van der Waals surface area contributed by atoms with E-state index >= 15 is 0 Å². The molecule has 24 heavy (non-hydrogen) atoms. The molecule has 0 aliphatic carbocycles. The molecule has 0 unspecified atom stereocenters. The Morgan fingerprint density at radius 1 is 1.08 bits per heavy atom. The Morgan fingerprint density at radius 3 is 2.62 bits per heavy atom. The average Bonchev–Trinajstić information content (AvgIpc) is 3.10. The highest BCUT2D eigenvalue weighted by Gasteiger charge is 1.98. The van der Waals surface area contributed by atoms with E-state index in [9.17, 15) is 0 Å². The molecule has 6 heteroatoms. The fourth-order valence-corrected chi connectivity index (χ4v) is 2.67. The van der Waals surface area contributed by atoms with E-state index in [0.717, 1.165) is 50.8 Å². The number of guanidine groups is 1. The maximum Gasteiger partial charge on any atom is 0.191 e. The third-order valence-corrected chi connectivity index (χ3v) is 4.05. The summed E-state index contributed by atoms with van der Waals surface area (Å²) in [7, 11) is 0. The number of hydrogen-bond acceptors (Lipinski definition) is 3. The number of benzene rings is 1. The highest BCUT2D eigenvalue weighted by molar-refractivity contribution is 14.0. The lowest BCUT2D eigenvalue weighted by Crippen LogP contribution is -2.37. The van der Waals surface area contributed by atoms with Gasteiger partial charge in [0.1, 0.15) is 5.75 Å². The standard InChI is InChI=1S/C18H25N3OS.HI/c1-2-19-18(21-15-17-11-8-14-23-17)20-12-6-7-13-22-16-9-4-3-5-10-16;/h3-5,8-11,14H,2,6-7,12-13,15H2,1H3,(H2,19,20,21);1H. The Morgan fingerprint density at radius 2 is 1.92 bits per heavy atom. The molecule has 1 aromatic heterocycles. The molecule has 4 nitrogen and oxygen atoms in total. The van der Waals surface area contributed by atoms with Crippen molar-refractivity contribution in [3.8, 4) is 5.75 Å². The first-order valence-electron chi connectivity index (χ1n) is 8.11. The molecular weight excluding hydrogens is 433 g/mol. The van der Waals surface area contributed by atoms with Gasteiger partial charge in [-0.1, -0.05) is 24.3 Å². The first kappa shape index (κ1) is 20.8. The van der Waals surface area contributed by atoms with Gasteiger partial charge in [-0.3, -0.25) is 0 Å². The molecule has 0 atom stereocenters. The second-order valence-electron chi connectivity index (χ2n) is 5.07. The van der Waals surface area contributed by atoms with Crippen molar-refractivity contribution in [3.05, 3.63) is 52.7 Å². The minimum atomic E-state index is 0. The zero-order valence-electron chi connectivity index (χ0n) is 14.0. The van der Waals surface area contributed by atoms with Gasteiger partial charge in [-0.25, -0.2) is 4.99 Å². The second kappa shape index (κ2) is 13.1. The number of aliphatic imine (C=N–C) groups is 1. The van der Waals surface area contributed by atoms with Crippen molar-refractivity contribution in [2.24, 2.45) is 4.99 Å². The van der Waals surface area contributed by atoms with Crippen molar-refractivity contribution in [2.45, 2.75) is 26.3 Å². The molecular formula is C18H26IN3OS. The van der Waals surface area contributed by atoms with Crippen molar-refractivity contribution in [2.75, 3.05) is 19.7 Å². The minimum Gasteiger partial charge on any atom is -0.494 e. The summed E-state index contributed by atoms with van der Waals surface area (Å²) in [5.41, 5.74) is 0. The number of halogens is 1. The Hall–Kier alpha value is -1.28. The van der Waals surface area contributed by atoms with Crippen LogP contribution in [0, 0.1) is 0 Å². The van der Waals surface area contributed by atoms with Crippen molar-refractivity contribution < 1.29 is 4.74 Å². The SMILES string of the molecule is CCNC(=NCc1cccs1)NCCCCOc1ccccc1.I. The van der Waals surface area contributed by atoms with Crippen molar-refractivity contribution in [3.63, 3.8) is 0 Å². The van der Waals surface area contributed by atoms with Crippen LogP contribution in [0.25, 0.3) is 0 Å². The van der Waals surface area contributed by atoms with E-state index in [2.05, 4.69) is 40.1 Å². The van der Waals surface area contributed by atoms with Crippen LogP contribution in [0.3, 0.4) is 0 Å². The number of thiophene rings is 1. The lowest BCUT2D eigenvalue weighted by Gasteiger charge is -2.11. The lowest BCUT2D eigenvalue weighted by atomic mass is 10.3. The highest BCUT2D eigenvalue weighted by atomic mass is 127. The molecule has 1 aromatic carbocycles. The molecule has 0 aliphatic rings. The Balaban J connectivity index is 0.00000288. The zero-order valence-corrected chi connectivity index (χ0v) is 17.2. The van der Waals surface area contributed by atoms with E-state index in [1.807, 2.05) is 30.3 Å². The molecule has 0 radical (unpaired) electrons. The number of para-hydroxylation sites is 1. The van der Waals surface area contributed by atoms with Crippen LogP contribution in [-0.2, 0) is 6.54 Å². The predicted octanol–water partition coefficient (Wildman–Crippen LogP) is 4.28. The van der Waals surface area contributed by atoms with Crippen LogP contribution >= 0.6 is 35.3 Å². The first-order chi connectivity index (χ1) is 11.4. The van der Waals surface area contributed by atoms with Crippen LogP contribution in [0.2, 0.25) is 0 Å². The first-order valence-corrected chi connectivity index (χ1v) is 8.99. The summed E-state index contributed by atoms with van der Waals surface area (Å²) in [5, 5.41) is 8.73. The van der Waals surface area contributed by atoms with Crippen LogP contribution in [0.5, 0.6) is 5.75 Å². The van der Waals surface area contributed by atoms with E-state index in [1.54, 1.807) is 11.3 Å². The normalized spacial score (nSPS) is 10.8. The quantitative estimate of drug-likeness (QED) is 0.255. The summed E-state index contributed by atoms with van der Waals surface area (Å²) in [5.74, 6) is 1.82. The third kappa shape index (κ3) is 8.54. The maximum atomic E-state index is 5.68. The molecule has 1 heterocycles. The van der Waals surface area contributed by atoms with E-state index < -0.39 is 0 Å². The average molecular weight is 459 g/mol. The summed E-state index contributed by atoms with van der Waals surface area (Å²) >= 11 is 1.74. The summed E-state index contributed by atoms with van der Waals surface area (Å²) < 4.78 is 5.68. The molecule has 0 amide bonds. The van der Waals surface area contributed by atoms with Gasteiger partial charge in [-0.2, -0.15) is 0 Å². The number of nitrogens with zero attached hydrogens (tertiary/aromatic N) is 1. The van der Waals surface area contributed by atoms with E-state index in [0.29, 0.717) is 0 Å². The summed E-state index contributed by atoms with van der Waals surface area (Å²) in [6.07, 6.45) is 2.07. The molecule has 2 rings (SSSR count). The van der Waals surface area contributed by atoms with E-state index in [4.69, 9.17) is 4.74 Å². The molecule has 132 valence electrons. The molecule has 0 saturated carbocycles. The van der Waals surface area contributed by atoms with Gasteiger partial charge in [0.2, 0.25) is 0 Å². The lowest BCUT2D eigenvalue weighted by molar-refractivity contribution is 0.307. The molecule has 0 bridgehead atoms. The fraction of sp³-hybridized carbons (Fsp3) is 0.389. The van der Waals surface area contributed by atoms with Gasteiger partial charge >= 0.3 is 0 Å². The molecule has 0 fully saturated rings.